The summed E-state index contributed by atoms with van der Waals surface area (Å²) in [5, 5.41) is 0. The molecule has 0 atom stereocenters. The average molecular weight is 103 g/mol. The van der Waals surface area contributed by atoms with E-state index in [-0.39, 0.29) is 8.41 Å². The molecule has 6 heavy (non-hydrogen) atoms. The zero-order valence-corrected chi connectivity index (χ0v) is 4.10. The van der Waals surface area contributed by atoms with Gasteiger partial charge in [0.25, 0.3) is 0 Å². The van der Waals surface area contributed by atoms with Crippen molar-refractivity contribution in [1.82, 2.24) is 0 Å². The van der Waals surface area contributed by atoms with Gasteiger partial charge in [-0.2, -0.15) is 0 Å². The van der Waals surface area contributed by atoms with Crippen molar-refractivity contribution in [3.05, 3.63) is 12.4 Å². The molecule has 0 aromatic heterocycles. The fraction of sp³-hybridized carbons (Fsp3) is 0. The summed E-state index contributed by atoms with van der Waals surface area (Å²) in [5.41, 5.74) is 0. The van der Waals surface area contributed by atoms with E-state index in [2.05, 4.69) is 6.58 Å². The first-order valence-electron chi connectivity index (χ1n) is 1.07. The highest BCUT2D eigenvalue weighted by atomic mass is 31.2. The summed E-state index contributed by atoms with van der Waals surface area (Å²) in [6.07, 6.45) is 0. The van der Waals surface area contributed by atoms with Crippen LogP contribution >= 0.6 is 8.38 Å². The van der Waals surface area contributed by atoms with Crippen LogP contribution in [0.5, 0.6) is 0 Å². The summed E-state index contributed by atoms with van der Waals surface area (Å²) < 4.78 is 0. The van der Waals surface area contributed by atoms with Gasteiger partial charge in [-0.3, -0.25) is 0 Å². The molecule has 0 spiro atoms. The molecule has 0 amide bonds. The third kappa shape index (κ3) is 8.91. The smallest absolute Gasteiger partial charge is 0.191 e. The van der Waals surface area contributed by atoms with E-state index in [0.717, 1.165) is 5.82 Å². The Morgan fingerprint density at radius 1 is 1.50 bits per heavy atom. The first kappa shape index (κ1) is 9.47. The minimum atomic E-state index is -1.83. The van der Waals surface area contributed by atoms with Gasteiger partial charge >= 0.3 is 0 Å². The van der Waals surface area contributed by atoms with Crippen LogP contribution < -0.4 is 0 Å². The summed E-state index contributed by atoms with van der Waals surface area (Å²) in [7, 11) is -1.83. The van der Waals surface area contributed by atoms with Gasteiger partial charge in [0.1, 0.15) is 0 Å². The van der Waals surface area contributed by atoms with Crippen LogP contribution in [0, 0.1) is 0 Å². The predicted octanol–water partition coefficient (Wildman–Crippen LogP) is 0.0456. The van der Waals surface area contributed by atoms with Crippen LogP contribution in [0.4, 0.5) is 0 Å². The molecule has 0 aliphatic heterocycles. The van der Waals surface area contributed by atoms with Crippen molar-refractivity contribution in [3.8, 4) is 0 Å². The molecule has 2 N–H and O–H groups in total. The van der Waals surface area contributed by atoms with Crippen LogP contribution in [0.1, 0.15) is 0 Å². The van der Waals surface area contributed by atoms with Crippen molar-refractivity contribution in [2.24, 2.45) is 0 Å². The van der Waals surface area contributed by atoms with Crippen molar-refractivity contribution in [2.45, 2.75) is 0 Å². The molecule has 0 saturated heterocycles. The third-order valence-corrected chi connectivity index (χ3v) is 0.490. The summed E-state index contributed by atoms with van der Waals surface area (Å²) in [4.78, 5) is 15.7. The van der Waals surface area contributed by atoms with E-state index < -0.39 is 8.38 Å². The Morgan fingerprint density at radius 3 is 1.67 bits per heavy atom. The van der Waals surface area contributed by atoms with E-state index in [4.69, 9.17) is 9.79 Å². The van der Waals surface area contributed by atoms with Gasteiger partial charge < -0.3 is 9.79 Å². The zero-order valence-electron chi connectivity index (χ0n) is 3.20. The van der Waals surface area contributed by atoms with E-state index in [1.165, 1.54) is 0 Å². The van der Waals surface area contributed by atoms with Crippen LogP contribution in [-0.4, -0.2) is 18.2 Å². The summed E-state index contributed by atoms with van der Waals surface area (Å²) in [5.74, 6) is 1.09. The van der Waals surface area contributed by atoms with Crippen molar-refractivity contribution >= 4 is 16.8 Å². The van der Waals surface area contributed by atoms with Crippen LogP contribution in [0.15, 0.2) is 12.4 Å². The SMILES string of the molecule is C=CP(O)O.[B]. The molecule has 0 aromatic carbocycles. The Bertz CT molecular complexity index is 38.5. The highest BCUT2D eigenvalue weighted by molar-refractivity contribution is 7.48. The third-order valence-electron chi connectivity index (χ3n) is 0.163. The zero-order chi connectivity index (χ0) is 4.28. The Labute approximate surface area is 40.0 Å². The molecular formula is C2H5BO2P. The van der Waals surface area contributed by atoms with E-state index in [9.17, 15) is 0 Å². The van der Waals surface area contributed by atoms with Gasteiger partial charge in [0.05, 0.1) is 0 Å². The molecule has 4 heteroatoms. The summed E-state index contributed by atoms with van der Waals surface area (Å²) >= 11 is 0. The molecule has 0 aliphatic rings. The summed E-state index contributed by atoms with van der Waals surface area (Å²) in [6.45, 7) is 3.09. The molecule has 33 valence electrons. The Kier molecular flexibility index (Phi) is 8.14. The van der Waals surface area contributed by atoms with Gasteiger partial charge in [-0.1, -0.05) is 6.58 Å². The van der Waals surface area contributed by atoms with Crippen molar-refractivity contribution in [3.63, 3.8) is 0 Å². The fourth-order valence-corrected chi connectivity index (χ4v) is 0. The highest BCUT2D eigenvalue weighted by Gasteiger charge is 1.78. The lowest BCUT2D eigenvalue weighted by molar-refractivity contribution is 0.496. The Hall–Kier alpha value is 0.155. The second-order valence-corrected chi connectivity index (χ2v) is 1.51. The molecule has 0 fully saturated rings. The summed E-state index contributed by atoms with van der Waals surface area (Å²) in [6, 6.07) is 0. The van der Waals surface area contributed by atoms with E-state index in [0.29, 0.717) is 0 Å². The van der Waals surface area contributed by atoms with Crippen LogP contribution in [-0.2, 0) is 0 Å². The van der Waals surface area contributed by atoms with Gasteiger partial charge in [-0.15, -0.1) is 0 Å². The lowest BCUT2D eigenvalue weighted by Crippen LogP contribution is -1.51. The molecule has 3 radical (unpaired) electrons. The van der Waals surface area contributed by atoms with Gasteiger partial charge in [-0.05, 0) is 5.82 Å². The minimum Gasteiger partial charge on any atom is -0.347 e. The highest BCUT2D eigenvalue weighted by Crippen LogP contribution is 2.21. The standard InChI is InChI=1S/C2H5O2P.B/c1-2-5(3)4;/h2-4H,1H2;. The first-order chi connectivity index (χ1) is 2.27. The normalized spacial score (nSPS) is 7.17. The predicted molar refractivity (Wildman–Crippen MR) is 27.3 cm³/mol. The maximum absolute atomic E-state index is 7.86. The quantitative estimate of drug-likeness (QED) is 0.363. The molecule has 0 unspecified atom stereocenters. The van der Waals surface area contributed by atoms with E-state index in [1.54, 1.807) is 0 Å². The van der Waals surface area contributed by atoms with Crippen molar-refractivity contribution < 1.29 is 9.79 Å². The van der Waals surface area contributed by atoms with Gasteiger partial charge in [0, 0.05) is 8.41 Å². The molecule has 2 nitrogen and oxygen atoms in total. The number of hydrogen-bond donors (Lipinski definition) is 2. The maximum atomic E-state index is 7.86. The minimum absolute atomic E-state index is 0. The molecule has 0 bridgehead atoms. The number of hydrogen-bond acceptors (Lipinski definition) is 2. The molecule has 0 aliphatic carbocycles. The molecule has 0 rings (SSSR count). The second-order valence-electron chi connectivity index (χ2n) is 0.503. The van der Waals surface area contributed by atoms with Crippen LogP contribution in [0.2, 0.25) is 0 Å². The van der Waals surface area contributed by atoms with E-state index >= 15 is 0 Å². The monoisotopic (exact) mass is 103 g/mol. The second kappa shape index (κ2) is 5.15. The molecule has 0 aromatic rings. The van der Waals surface area contributed by atoms with Crippen molar-refractivity contribution in [2.75, 3.05) is 0 Å². The van der Waals surface area contributed by atoms with Gasteiger partial charge in [0.15, 0.2) is 8.38 Å². The van der Waals surface area contributed by atoms with Crippen LogP contribution in [0.25, 0.3) is 0 Å². The molecule has 0 saturated carbocycles. The first-order valence-corrected chi connectivity index (χ1v) is 2.38. The van der Waals surface area contributed by atoms with E-state index in [1.807, 2.05) is 0 Å². The number of rotatable bonds is 1. The average Bonchev–Trinajstić information content (AvgIpc) is 1.38. The maximum Gasteiger partial charge on any atom is 0.191 e. The van der Waals surface area contributed by atoms with Gasteiger partial charge in [0.2, 0.25) is 0 Å². The fourth-order valence-electron chi connectivity index (χ4n) is 0. The lowest BCUT2D eigenvalue weighted by atomic mass is 10.8. The Morgan fingerprint density at radius 2 is 1.67 bits per heavy atom. The molecular weight excluding hydrogens is 97.8 g/mol. The Balaban J connectivity index is 0. The van der Waals surface area contributed by atoms with Gasteiger partial charge in [-0.25, -0.2) is 0 Å². The largest absolute Gasteiger partial charge is 0.347 e. The van der Waals surface area contributed by atoms with Crippen molar-refractivity contribution in [1.29, 1.82) is 0 Å². The lowest BCUT2D eigenvalue weighted by Gasteiger charge is -1.82. The van der Waals surface area contributed by atoms with Crippen LogP contribution in [0.3, 0.4) is 0 Å². The topological polar surface area (TPSA) is 40.5 Å². The molecule has 0 heterocycles.